The molecule has 0 saturated heterocycles. The lowest BCUT2D eigenvalue weighted by molar-refractivity contribution is -0.136. The second-order valence-electron chi connectivity index (χ2n) is 3.21. The number of carboxylic acids is 1. The van der Waals surface area contributed by atoms with Crippen LogP contribution in [0.15, 0.2) is 30.3 Å². The monoisotopic (exact) mass is 291 g/mol. The molecule has 1 unspecified atom stereocenters. The molecule has 0 amide bonds. The summed E-state index contributed by atoms with van der Waals surface area (Å²) in [6, 6.07) is 9.72. The second kappa shape index (κ2) is 8.47. The van der Waals surface area contributed by atoms with Crippen molar-refractivity contribution in [1.82, 2.24) is 0 Å². The summed E-state index contributed by atoms with van der Waals surface area (Å²) in [6.45, 7) is 0.0922. The van der Waals surface area contributed by atoms with Gasteiger partial charge in [0.05, 0.1) is 4.20 Å². The van der Waals surface area contributed by atoms with E-state index in [0.29, 0.717) is 10.6 Å². The highest BCUT2D eigenvalue weighted by Gasteiger charge is 2.18. The van der Waals surface area contributed by atoms with Crippen molar-refractivity contribution >= 4 is 46.6 Å². The van der Waals surface area contributed by atoms with Crippen molar-refractivity contribution in [3.8, 4) is 0 Å². The Bertz CT molecular complexity index is 373. The lowest BCUT2D eigenvalue weighted by Gasteiger charge is -2.09. The van der Waals surface area contributed by atoms with E-state index < -0.39 is 11.2 Å². The molecule has 1 rings (SSSR count). The van der Waals surface area contributed by atoms with Gasteiger partial charge in [-0.15, -0.1) is 24.2 Å². The summed E-state index contributed by atoms with van der Waals surface area (Å²) in [5, 5.41) is 8.19. The Hall–Kier alpha value is -0.620. The SMILES string of the molecule is Cl.NCC(SC(=S)Cc1ccccc1)C(=O)O. The van der Waals surface area contributed by atoms with Crippen molar-refractivity contribution in [3.05, 3.63) is 35.9 Å². The maximum Gasteiger partial charge on any atom is 0.318 e. The Morgan fingerprint density at radius 2 is 2.00 bits per heavy atom. The Labute approximate surface area is 116 Å². The van der Waals surface area contributed by atoms with E-state index in [4.69, 9.17) is 23.1 Å². The van der Waals surface area contributed by atoms with Crippen LogP contribution >= 0.6 is 36.4 Å². The number of nitrogens with two attached hydrogens (primary N) is 1. The number of carbonyl (C=O) groups is 1. The second-order valence-corrected chi connectivity index (χ2v) is 5.26. The van der Waals surface area contributed by atoms with Crippen LogP contribution in [0.4, 0.5) is 0 Å². The quantitative estimate of drug-likeness (QED) is 0.814. The van der Waals surface area contributed by atoms with Crippen molar-refractivity contribution in [2.75, 3.05) is 6.54 Å². The van der Waals surface area contributed by atoms with E-state index in [9.17, 15) is 4.79 Å². The molecule has 0 spiro atoms. The largest absolute Gasteiger partial charge is 0.480 e. The number of rotatable bonds is 5. The summed E-state index contributed by atoms with van der Waals surface area (Å²) < 4.78 is 0.657. The van der Waals surface area contributed by atoms with Gasteiger partial charge in [-0.05, 0) is 5.56 Å². The molecule has 6 heteroatoms. The molecule has 1 aromatic carbocycles. The molecule has 17 heavy (non-hydrogen) atoms. The molecule has 0 radical (unpaired) electrons. The molecular weight excluding hydrogens is 278 g/mol. The predicted octanol–water partition coefficient (Wildman–Crippen LogP) is 2.12. The highest BCUT2D eigenvalue weighted by molar-refractivity contribution is 8.23. The van der Waals surface area contributed by atoms with Crippen LogP contribution in [-0.4, -0.2) is 27.1 Å². The van der Waals surface area contributed by atoms with Crippen molar-refractivity contribution in [2.45, 2.75) is 11.7 Å². The van der Waals surface area contributed by atoms with E-state index in [0.717, 1.165) is 17.3 Å². The zero-order chi connectivity index (χ0) is 12.0. The van der Waals surface area contributed by atoms with Crippen molar-refractivity contribution in [1.29, 1.82) is 0 Å². The van der Waals surface area contributed by atoms with Gasteiger partial charge in [0, 0.05) is 13.0 Å². The third kappa shape index (κ3) is 6.02. The molecular formula is C11H14ClNO2S2. The van der Waals surface area contributed by atoms with E-state index in [2.05, 4.69) is 0 Å². The Morgan fingerprint density at radius 1 is 1.41 bits per heavy atom. The lowest BCUT2D eigenvalue weighted by Crippen LogP contribution is -2.27. The first kappa shape index (κ1) is 16.4. The minimum Gasteiger partial charge on any atom is -0.480 e. The van der Waals surface area contributed by atoms with E-state index in [1.54, 1.807) is 0 Å². The first-order valence-corrected chi connectivity index (χ1v) is 6.08. The number of thioether (sulfide) groups is 1. The van der Waals surface area contributed by atoms with Gasteiger partial charge in [0.15, 0.2) is 0 Å². The predicted molar refractivity (Wildman–Crippen MR) is 78.1 cm³/mol. The highest BCUT2D eigenvalue weighted by atomic mass is 35.5. The first-order valence-electron chi connectivity index (χ1n) is 4.79. The fourth-order valence-electron chi connectivity index (χ4n) is 1.16. The zero-order valence-corrected chi connectivity index (χ0v) is 11.5. The molecule has 94 valence electrons. The number of benzene rings is 1. The van der Waals surface area contributed by atoms with Gasteiger partial charge in [-0.2, -0.15) is 0 Å². The van der Waals surface area contributed by atoms with Gasteiger partial charge in [-0.1, -0.05) is 42.5 Å². The van der Waals surface area contributed by atoms with Crippen LogP contribution in [0.25, 0.3) is 0 Å². The third-order valence-electron chi connectivity index (χ3n) is 1.95. The van der Waals surface area contributed by atoms with Gasteiger partial charge in [0.1, 0.15) is 5.25 Å². The van der Waals surface area contributed by atoms with E-state index >= 15 is 0 Å². The molecule has 3 nitrogen and oxygen atoms in total. The van der Waals surface area contributed by atoms with E-state index in [1.807, 2.05) is 30.3 Å². The van der Waals surface area contributed by atoms with Gasteiger partial charge in [0.2, 0.25) is 0 Å². The fraction of sp³-hybridized carbons (Fsp3) is 0.273. The van der Waals surface area contributed by atoms with Crippen LogP contribution in [0.3, 0.4) is 0 Å². The lowest BCUT2D eigenvalue weighted by atomic mass is 10.2. The Morgan fingerprint density at radius 3 is 2.47 bits per heavy atom. The van der Waals surface area contributed by atoms with Gasteiger partial charge in [0.25, 0.3) is 0 Å². The van der Waals surface area contributed by atoms with Gasteiger partial charge in [-0.25, -0.2) is 0 Å². The standard InChI is InChI=1S/C11H13NO2S2.ClH/c12-7-9(11(13)14)16-10(15)6-8-4-2-1-3-5-8;/h1-5,9H,6-7,12H2,(H,13,14);1H. The summed E-state index contributed by atoms with van der Waals surface area (Å²) in [4.78, 5) is 10.8. The van der Waals surface area contributed by atoms with Crippen LogP contribution in [0.1, 0.15) is 5.56 Å². The maximum atomic E-state index is 10.8. The average molecular weight is 292 g/mol. The topological polar surface area (TPSA) is 63.3 Å². The summed E-state index contributed by atoms with van der Waals surface area (Å²) >= 11 is 6.30. The molecule has 0 fully saturated rings. The molecule has 0 aliphatic rings. The van der Waals surface area contributed by atoms with Crippen LogP contribution in [0, 0.1) is 0 Å². The molecule has 1 atom stereocenters. The molecule has 1 aromatic rings. The highest BCUT2D eigenvalue weighted by Crippen LogP contribution is 2.16. The summed E-state index contributed by atoms with van der Waals surface area (Å²) in [6.07, 6.45) is 0.602. The molecule has 3 N–H and O–H groups in total. The summed E-state index contributed by atoms with van der Waals surface area (Å²) in [5.41, 5.74) is 6.44. The van der Waals surface area contributed by atoms with Crippen LogP contribution in [0.5, 0.6) is 0 Å². The first-order chi connectivity index (χ1) is 7.63. The van der Waals surface area contributed by atoms with Crippen molar-refractivity contribution in [3.63, 3.8) is 0 Å². The molecule has 0 aromatic heterocycles. The number of halogens is 1. The van der Waals surface area contributed by atoms with Crippen LogP contribution < -0.4 is 5.73 Å². The fourth-order valence-corrected chi connectivity index (χ4v) is 2.44. The summed E-state index contributed by atoms with van der Waals surface area (Å²) in [7, 11) is 0. The smallest absolute Gasteiger partial charge is 0.318 e. The number of thiocarbonyl (C=S) groups is 1. The van der Waals surface area contributed by atoms with Crippen LogP contribution in [-0.2, 0) is 11.2 Å². The number of hydrogen-bond acceptors (Lipinski definition) is 4. The van der Waals surface area contributed by atoms with E-state index in [1.165, 1.54) is 0 Å². The minimum absolute atomic E-state index is 0. The van der Waals surface area contributed by atoms with Gasteiger partial charge < -0.3 is 10.8 Å². The third-order valence-corrected chi connectivity index (χ3v) is 3.47. The molecule has 0 aliphatic heterocycles. The molecule has 0 bridgehead atoms. The number of carboxylic acid groups (broad SMARTS) is 1. The molecule has 0 saturated carbocycles. The summed E-state index contributed by atoms with van der Waals surface area (Å²) in [5.74, 6) is -0.914. The average Bonchev–Trinajstić information content (AvgIpc) is 2.27. The van der Waals surface area contributed by atoms with E-state index in [-0.39, 0.29) is 19.0 Å². The minimum atomic E-state index is -0.914. The molecule has 0 heterocycles. The number of hydrogen-bond donors (Lipinski definition) is 2. The zero-order valence-electron chi connectivity index (χ0n) is 9.04. The molecule has 0 aliphatic carbocycles. The van der Waals surface area contributed by atoms with Gasteiger partial charge in [-0.3, -0.25) is 4.79 Å². The van der Waals surface area contributed by atoms with Crippen molar-refractivity contribution in [2.24, 2.45) is 5.73 Å². The van der Waals surface area contributed by atoms with Crippen LogP contribution in [0.2, 0.25) is 0 Å². The number of aliphatic carboxylic acids is 1. The Balaban J connectivity index is 0.00000256. The Kier molecular flexibility index (Phi) is 8.16. The normalized spacial score (nSPS) is 11.4. The van der Waals surface area contributed by atoms with Crippen molar-refractivity contribution < 1.29 is 9.90 Å². The maximum absolute atomic E-state index is 10.8. The van der Waals surface area contributed by atoms with Gasteiger partial charge >= 0.3 is 5.97 Å².